The van der Waals surface area contributed by atoms with E-state index in [9.17, 15) is 13.9 Å². The molecule has 0 radical (unpaired) electrons. The molecule has 0 saturated carbocycles. The first-order chi connectivity index (χ1) is 10.5. The predicted octanol–water partition coefficient (Wildman–Crippen LogP) is 1.38. The number of nitrogens with zero attached hydrogens (tertiary/aromatic N) is 1. The molecule has 2 atom stereocenters. The molecule has 0 aliphatic heterocycles. The van der Waals surface area contributed by atoms with Crippen LogP contribution in [0, 0.1) is 11.6 Å². The monoisotopic (exact) mass is 307 g/mol. The maximum Gasteiger partial charge on any atom is 0.126 e. The Hall–Kier alpha value is -1.89. The Kier molecular flexibility index (Phi) is 5.94. The molecule has 0 amide bonds. The highest BCUT2D eigenvalue weighted by atomic mass is 19.1. The molecule has 22 heavy (non-hydrogen) atoms. The van der Waals surface area contributed by atoms with Crippen molar-refractivity contribution in [2.45, 2.75) is 25.1 Å². The van der Waals surface area contributed by atoms with Crippen molar-refractivity contribution in [1.29, 1.82) is 0 Å². The second-order valence-corrected chi connectivity index (χ2v) is 5.21. The van der Waals surface area contributed by atoms with E-state index in [1.807, 2.05) is 12.1 Å². The summed E-state index contributed by atoms with van der Waals surface area (Å²) in [7, 11) is 0. The summed E-state index contributed by atoms with van der Waals surface area (Å²) < 4.78 is 26.2. The molecule has 1 heterocycles. The van der Waals surface area contributed by atoms with Gasteiger partial charge in [-0.1, -0.05) is 6.07 Å². The van der Waals surface area contributed by atoms with Crippen LogP contribution in [0.15, 0.2) is 42.7 Å². The Labute approximate surface area is 128 Å². The first-order valence-electron chi connectivity index (χ1n) is 7.03. The standard InChI is InChI=1S/C16H19F2N3O/c17-13-4-12(5-14(18)7-13)6-15(19)16(22)10-21-9-11-2-1-3-20-8-11/h1-5,7-8,15-16,21-22H,6,9-10,19H2/t15-,16+/m0/s1. The third-order valence-electron chi connectivity index (χ3n) is 3.29. The van der Waals surface area contributed by atoms with E-state index >= 15 is 0 Å². The smallest absolute Gasteiger partial charge is 0.126 e. The molecule has 0 spiro atoms. The van der Waals surface area contributed by atoms with Gasteiger partial charge in [-0.05, 0) is 35.7 Å². The molecule has 0 aliphatic rings. The molecule has 0 bridgehead atoms. The van der Waals surface area contributed by atoms with Gasteiger partial charge in [0.2, 0.25) is 0 Å². The number of aromatic nitrogens is 1. The van der Waals surface area contributed by atoms with Gasteiger partial charge in [0.15, 0.2) is 0 Å². The molecule has 0 aliphatic carbocycles. The molecule has 1 aromatic carbocycles. The molecule has 2 aromatic rings. The van der Waals surface area contributed by atoms with E-state index in [0.717, 1.165) is 11.6 Å². The lowest BCUT2D eigenvalue weighted by molar-refractivity contribution is 0.141. The van der Waals surface area contributed by atoms with Crippen molar-refractivity contribution in [3.05, 3.63) is 65.5 Å². The summed E-state index contributed by atoms with van der Waals surface area (Å²) in [4.78, 5) is 3.99. The van der Waals surface area contributed by atoms with Crippen LogP contribution in [-0.2, 0) is 13.0 Å². The summed E-state index contributed by atoms with van der Waals surface area (Å²) in [6.07, 6.45) is 2.80. The molecular formula is C16H19F2N3O. The van der Waals surface area contributed by atoms with Gasteiger partial charge in [0.1, 0.15) is 11.6 Å². The van der Waals surface area contributed by atoms with Gasteiger partial charge in [-0.15, -0.1) is 0 Å². The van der Waals surface area contributed by atoms with Gasteiger partial charge < -0.3 is 16.2 Å². The summed E-state index contributed by atoms with van der Waals surface area (Å²) in [5, 5.41) is 13.1. The van der Waals surface area contributed by atoms with E-state index in [4.69, 9.17) is 5.73 Å². The third kappa shape index (κ3) is 5.14. The molecule has 6 heteroatoms. The van der Waals surface area contributed by atoms with Crippen LogP contribution in [0.4, 0.5) is 8.78 Å². The van der Waals surface area contributed by atoms with E-state index in [1.54, 1.807) is 12.4 Å². The molecule has 118 valence electrons. The Morgan fingerprint density at radius 3 is 2.55 bits per heavy atom. The van der Waals surface area contributed by atoms with Gasteiger partial charge >= 0.3 is 0 Å². The highest BCUT2D eigenvalue weighted by Crippen LogP contribution is 2.10. The average Bonchev–Trinajstić information content (AvgIpc) is 2.47. The molecular weight excluding hydrogens is 288 g/mol. The quantitative estimate of drug-likeness (QED) is 0.723. The number of hydrogen-bond donors (Lipinski definition) is 3. The zero-order valence-electron chi connectivity index (χ0n) is 12.0. The number of rotatable bonds is 7. The number of aliphatic hydroxyl groups is 1. The lowest BCUT2D eigenvalue weighted by Crippen LogP contribution is -2.43. The number of aliphatic hydroxyl groups excluding tert-OH is 1. The van der Waals surface area contributed by atoms with Crippen molar-refractivity contribution in [2.75, 3.05) is 6.54 Å². The average molecular weight is 307 g/mol. The molecule has 4 N–H and O–H groups in total. The van der Waals surface area contributed by atoms with Crippen molar-refractivity contribution in [3.8, 4) is 0 Å². The Balaban J connectivity index is 1.80. The van der Waals surface area contributed by atoms with Crippen molar-refractivity contribution in [2.24, 2.45) is 5.73 Å². The molecule has 0 fully saturated rings. The molecule has 0 saturated heterocycles. The van der Waals surface area contributed by atoms with Crippen LogP contribution < -0.4 is 11.1 Å². The molecule has 4 nitrogen and oxygen atoms in total. The SMILES string of the molecule is N[C@@H](Cc1cc(F)cc(F)c1)[C@H](O)CNCc1cccnc1. The Morgan fingerprint density at radius 2 is 1.91 bits per heavy atom. The maximum atomic E-state index is 13.1. The zero-order valence-corrected chi connectivity index (χ0v) is 12.0. The van der Waals surface area contributed by atoms with Gasteiger partial charge in [-0.2, -0.15) is 0 Å². The number of nitrogens with one attached hydrogen (secondary N) is 1. The molecule has 2 rings (SSSR count). The predicted molar refractivity (Wildman–Crippen MR) is 80.0 cm³/mol. The van der Waals surface area contributed by atoms with Gasteiger partial charge in [-0.3, -0.25) is 4.98 Å². The topological polar surface area (TPSA) is 71.2 Å². The van der Waals surface area contributed by atoms with E-state index in [0.29, 0.717) is 12.1 Å². The van der Waals surface area contributed by atoms with Gasteiger partial charge in [-0.25, -0.2) is 8.78 Å². The van der Waals surface area contributed by atoms with E-state index in [1.165, 1.54) is 12.1 Å². The number of halogens is 2. The van der Waals surface area contributed by atoms with E-state index < -0.39 is 23.8 Å². The van der Waals surface area contributed by atoms with Crippen LogP contribution in [-0.4, -0.2) is 28.8 Å². The first-order valence-corrected chi connectivity index (χ1v) is 7.03. The summed E-state index contributed by atoms with van der Waals surface area (Å²) in [6, 6.07) is 6.39. The Morgan fingerprint density at radius 1 is 1.18 bits per heavy atom. The van der Waals surface area contributed by atoms with E-state index in [-0.39, 0.29) is 13.0 Å². The normalized spacial score (nSPS) is 13.8. The lowest BCUT2D eigenvalue weighted by Gasteiger charge is -2.19. The van der Waals surface area contributed by atoms with Gasteiger partial charge in [0.25, 0.3) is 0 Å². The summed E-state index contributed by atoms with van der Waals surface area (Å²) >= 11 is 0. The minimum atomic E-state index is -0.817. The third-order valence-corrected chi connectivity index (χ3v) is 3.29. The van der Waals surface area contributed by atoms with Crippen molar-refractivity contribution in [3.63, 3.8) is 0 Å². The van der Waals surface area contributed by atoms with Gasteiger partial charge in [0.05, 0.1) is 6.10 Å². The first kappa shape index (κ1) is 16.5. The van der Waals surface area contributed by atoms with Crippen molar-refractivity contribution in [1.82, 2.24) is 10.3 Å². The fraction of sp³-hybridized carbons (Fsp3) is 0.312. The van der Waals surface area contributed by atoms with Crippen LogP contribution in [0.25, 0.3) is 0 Å². The van der Waals surface area contributed by atoms with Crippen LogP contribution in [0.1, 0.15) is 11.1 Å². The summed E-state index contributed by atoms with van der Waals surface area (Å²) in [6.45, 7) is 0.847. The fourth-order valence-corrected chi connectivity index (χ4v) is 2.16. The van der Waals surface area contributed by atoms with Crippen molar-refractivity contribution >= 4 is 0 Å². The lowest BCUT2D eigenvalue weighted by atomic mass is 10.0. The second-order valence-electron chi connectivity index (χ2n) is 5.21. The molecule has 1 aromatic heterocycles. The minimum Gasteiger partial charge on any atom is -0.390 e. The number of pyridine rings is 1. The zero-order chi connectivity index (χ0) is 15.9. The van der Waals surface area contributed by atoms with Crippen LogP contribution in [0.5, 0.6) is 0 Å². The summed E-state index contributed by atoms with van der Waals surface area (Å²) in [5.74, 6) is -1.29. The second kappa shape index (κ2) is 7.93. The minimum absolute atomic E-state index is 0.199. The van der Waals surface area contributed by atoms with Crippen LogP contribution in [0.2, 0.25) is 0 Å². The Bertz CT molecular complexity index is 575. The van der Waals surface area contributed by atoms with Crippen LogP contribution in [0.3, 0.4) is 0 Å². The van der Waals surface area contributed by atoms with Gasteiger partial charge in [0, 0.05) is 37.6 Å². The van der Waals surface area contributed by atoms with Crippen molar-refractivity contribution < 1.29 is 13.9 Å². The highest BCUT2D eigenvalue weighted by Gasteiger charge is 2.15. The maximum absolute atomic E-state index is 13.1. The fourth-order valence-electron chi connectivity index (χ4n) is 2.16. The highest BCUT2D eigenvalue weighted by molar-refractivity contribution is 5.19. The number of benzene rings is 1. The van der Waals surface area contributed by atoms with Crippen LogP contribution >= 0.6 is 0 Å². The van der Waals surface area contributed by atoms with E-state index in [2.05, 4.69) is 10.3 Å². The summed E-state index contributed by atoms with van der Waals surface area (Å²) in [5.41, 5.74) is 7.30. The molecule has 0 unspecified atom stereocenters. The number of hydrogen-bond acceptors (Lipinski definition) is 4. The largest absolute Gasteiger partial charge is 0.390 e. The number of nitrogens with two attached hydrogens (primary N) is 1.